The van der Waals surface area contributed by atoms with Gasteiger partial charge in [-0.3, -0.25) is 9.80 Å². The average Bonchev–Trinajstić information content (AvgIpc) is 3.84. The number of fused-ring (bicyclic) bond motifs is 4. The predicted molar refractivity (Wildman–Crippen MR) is 211 cm³/mol. The lowest BCUT2D eigenvalue weighted by Crippen LogP contribution is -2.45. The van der Waals surface area contributed by atoms with Crippen molar-refractivity contribution < 1.29 is 37.3 Å². The summed E-state index contributed by atoms with van der Waals surface area (Å²) >= 11 is 0. The minimum absolute atomic E-state index is 0.0974. The van der Waals surface area contributed by atoms with E-state index in [1.54, 1.807) is 58.6 Å². The fourth-order valence-corrected chi connectivity index (χ4v) is 6.81. The van der Waals surface area contributed by atoms with Gasteiger partial charge in [-0.2, -0.15) is 0 Å². The van der Waals surface area contributed by atoms with Crippen molar-refractivity contribution >= 4 is 34.0 Å². The van der Waals surface area contributed by atoms with Crippen molar-refractivity contribution in [1.82, 2.24) is 39.7 Å². The Kier molecular flexibility index (Phi) is 10.7. The summed E-state index contributed by atoms with van der Waals surface area (Å²) in [5.74, 6) is -0.0925. The van der Waals surface area contributed by atoms with Gasteiger partial charge in [0.2, 0.25) is 11.8 Å². The lowest BCUT2D eigenvalue weighted by molar-refractivity contribution is 0.0122. The summed E-state index contributed by atoms with van der Waals surface area (Å²) < 4.78 is 52.2. The molecule has 2 aliphatic heterocycles. The molecule has 2 atom stereocenters. The van der Waals surface area contributed by atoms with Crippen molar-refractivity contribution in [2.45, 2.75) is 105 Å². The Balaban J connectivity index is 0.000000177. The average molecular weight is 797 g/mol. The van der Waals surface area contributed by atoms with E-state index in [0.717, 1.165) is 11.1 Å². The first kappa shape index (κ1) is 39.9. The molecule has 2 N–H and O–H groups in total. The van der Waals surface area contributed by atoms with E-state index in [1.807, 2.05) is 55.4 Å². The summed E-state index contributed by atoms with van der Waals surface area (Å²) in [5, 5.41) is 0.907. The molecule has 14 nitrogen and oxygen atoms in total. The smallest absolute Gasteiger partial charge is 0.410 e. The summed E-state index contributed by atoms with van der Waals surface area (Å²) in [6.07, 6.45) is 6.28. The Hall–Kier alpha value is -6.32. The standard InChI is InChI=1S/2C21H23FN4O3/c2*1-12-9-14-16(10-26(12)20(27)29-21(2,3)4)24-11-25-19(14)28-17-6-5-15-13(18(17)22)7-8-23-15/h2*5-8,11-12,23H,9-10H2,1-4H3/t2*12-/m10/s1. The molecular weight excluding hydrogens is 751 g/mol. The highest BCUT2D eigenvalue weighted by Crippen LogP contribution is 2.36. The van der Waals surface area contributed by atoms with Gasteiger partial charge in [-0.15, -0.1) is 0 Å². The van der Waals surface area contributed by atoms with Crippen LogP contribution >= 0.6 is 0 Å². The Morgan fingerprint density at radius 1 is 0.638 bits per heavy atom. The van der Waals surface area contributed by atoms with Crippen LogP contribution in [-0.2, 0) is 35.4 Å². The maximum absolute atomic E-state index is 14.8. The molecule has 304 valence electrons. The molecule has 6 aromatic rings. The van der Waals surface area contributed by atoms with Crippen LogP contribution in [0.1, 0.15) is 77.9 Å². The third-order valence-electron chi connectivity index (χ3n) is 9.63. The Morgan fingerprint density at radius 3 is 1.41 bits per heavy atom. The van der Waals surface area contributed by atoms with Crippen molar-refractivity contribution in [3.05, 3.63) is 95.6 Å². The molecule has 6 heterocycles. The van der Waals surface area contributed by atoms with Crippen molar-refractivity contribution in [1.29, 1.82) is 0 Å². The van der Waals surface area contributed by atoms with E-state index in [0.29, 0.717) is 57.8 Å². The predicted octanol–water partition coefficient (Wildman–Crippen LogP) is 9.14. The van der Waals surface area contributed by atoms with Gasteiger partial charge in [0.05, 0.1) is 24.5 Å². The molecule has 58 heavy (non-hydrogen) atoms. The molecule has 8 rings (SSSR count). The fourth-order valence-electron chi connectivity index (χ4n) is 6.81. The van der Waals surface area contributed by atoms with Crippen molar-refractivity contribution in [3.63, 3.8) is 0 Å². The van der Waals surface area contributed by atoms with Crippen LogP contribution < -0.4 is 9.47 Å². The van der Waals surface area contributed by atoms with E-state index in [1.165, 1.54) is 12.7 Å². The number of aromatic amines is 2. The highest BCUT2D eigenvalue weighted by molar-refractivity contribution is 5.82. The topological polar surface area (TPSA) is 161 Å². The number of ether oxygens (including phenoxy) is 4. The third kappa shape index (κ3) is 8.50. The third-order valence-corrected chi connectivity index (χ3v) is 9.63. The number of rotatable bonds is 4. The van der Waals surface area contributed by atoms with E-state index >= 15 is 0 Å². The second kappa shape index (κ2) is 15.6. The van der Waals surface area contributed by atoms with Gasteiger partial charge in [-0.25, -0.2) is 38.3 Å². The molecule has 4 aromatic heterocycles. The van der Waals surface area contributed by atoms with E-state index < -0.39 is 22.8 Å². The molecule has 16 heteroatoms. The number of hydrogen-bond donors (Lipinski definition) is 2. The minimum Gasteiger partial charge on any atom is -0.444 e. The quantitative estimate of drug-likeness (QED) is 0.176. The highest BCUT2D eigenvalue weighted by atomic mass is 19.1. The van der Waals surface area contributed by atoms with Crippen LogP contribution in [-0.4, -0.2) is 75.2 Å². The Bertz CT molecular complexity index is 2320. The molecule has 0 spiro atoms. The fraction of sp³-hybridized carbons (Fsp3) is 0.381. The van der Waals surface area contributed by atoms with Gasteiger partial charge in [0.15, 0.2) is 23.1 Å². The van der Waals surface area contributed by atoms with Crippen LogP contribution in [0, 0.1) is 11.6 Å². The highest BCUT2D eigenvalue weighted by Gasteiger charge is 2.35. The van der Waals surface area contributed by atoms with Gasteiger partial charge >= 0.3 is 12.2 Å². The van der Waals surface area contributed by atoms with E-state index in [4.69, 9.17) is 18.9 Å². The SMILES string of the molecule is C[C@@H]1Cc2c(ncnc2Oc2ccc3[nH]ccc3c2F)CN1C(=O)OC(C)(C)C.C[C@H]1Cc2c(ncnc2Oc2ccc3[nH]ccc3c2F)CN1C(=O)OC(C)(C)C. The Morgan fingerprint density at radius 2 is 1.03 bits per heavy atom. The van der Waals surface area contributed by atoms with Gasteiger partial charge < -0.3 is 28.9 Å². The number of aromatic nitrogens is 6. The van der Waals surface area contributed by atoms with E-state index in [9.17, 15) is 18.4 Å². The zero-order valence-electron chi connectivity index (χ0n) is 33.6. The summed E-state index contributed by atoms with van der Waals surface area (Å²) in [5.41, 5.74) is 3.12. The first-order valence-corrected chi connectivity index (χ1v) is 19.0. The summed E-state index contributed by atoms with van der Waals surface area (Å²) in [6.45, 7) is 15.4. The molecule has 0 radical (unpaired) electrons. The Labute approximate surface area is 333 Å². The number of nitrogens with zero attached hydrogens (tertiary/aromatic N) is 6. The zero-order chi connectivity index (χ0) is 41.5. The lowest BCUT2D eigenvalue weighted by Gasteiger charge is -2.35. The van der Waals surface area contributed by atoms with E-state index in [-0.39, 0.29) is 48.9 Å². The van der Waals surface area contributed by atoms with Gasteiger partial charge in [-0.05, 0) is 105 Å². The van der Waals surface area contributed by atoms with Gasteiger partial charge in [0, 0.05) is 57.4 Å². The summed E-state index contributed by atoms with van der Waals surface area (Å²) in [7, 11) is 0. The number of hydrogen-bond acceptors (Lipinski definition) is 10. The number of benzene rings is 2. The number of carbonyl (C=O) groups excluding carboxylic acids is 2. The van der Waals surface area contributed by atoms with Crippen LogP contribution in [0.4, 0.5) is 18.4 Å². The van der Waals surface area contributed by atoms with Crippen LogP contribution in [0.3, 0.4) is 0 Å². The molecule has 2 aromatic carbocycles. The molecule has 0 aliphatic carbocycles. The van der Waals surface area contributed by atoms with Crippen molar-refractivity contribution in [2.75, 3.05) is 0 Å². The number of H-pyrrole nitrogens is 2. The van der Waals surface area contributed by atoms with Crippen LogP contribution in [0.2, 0.25) is 0 Å². The van der Waals surface area contributed by atoms with E-state index in [2.05, 4.69) is 29.9 Å². The second-order valence-corrected chi connectivity index (χ2v) is 16.4. The second-order valence-electron chi connectivity index (χ2n) is 16.4. The lowest BCUT2D eigenvalue weighted by atomic mass is 10.00. The van der Waals surface area contributed by atoms with Crippen LogP contribution in [0.25, 0.3) is 21.8 Å². The van der Waals surface area contributed by atoms with Gasteiger partial charge in [-0.1, -0.05) is 0 Å². The monoisotopic (exact) mass is 796 g/mol. The zero-order valence-corrected chi connectivity index (χ0v) is 33.6. The van der Waals surface area contributed by atoms with Crippen LogP contribution in [0.5, 0.6) is 23.3 Å². The maximum Gasteiger partial charge on any atom is 0.410 e. The molecule has 0 fully saturated rings. The molecule has 0 bridgehead atoms. The number of halogens is 2. The first-order valence-electron chi connectivity index (χ1n) is 19.0. The number of amides is 2. The molecular formula is C42H46F2N8O6. The summed E-state index contributed by atoms with van der Waals surface area (Å²) in [4.78, 5) is 51.3. The van der Waals surface area contributed by atoms with Crippen LogP contribution in [0.15, 0.2) is 61.4 Å². The molecule has 0 unspecified atom stereocenters. The molecule has 2 aliphatic rings. The maximum atomic E-state index is 14.8. The summed E-state index contributed by atoms with van der Waals surface area (Å²) in [6, 6.07) is 9.71. The number of nitrogens with one attached hydrogen (secondary N) is 2. The molecule has 2 amide bonds. The largest absolute Gasteiger partial charge is 0.444 e. The first-order chi connectivity index (χ1) is 27.5. The molecule has 0 saturated carbocycles. The van der Waals surface area contributed by atoms with Gasteiger partial charge in [0.25, 0.3) is 0 Å². The van der Waals surface area contributed by atoms with Crippen molar-refractivity contribution in [3.8, 4) is 23.3 Å². The minimum atomic E-state index is -0.578. The normalized spacial score (nSPS) is 16.6. The van der Waals surface area contributed by atoms with Gasteiger partial charge in [0.1, 0.15) is 23.9 Å². The van der Waals surface area contributed by atoms with Crippen molar-refractivity contribution in [2.24, 2.45) is 0 Å². The number of carbonyl (C=O) groups is 2. The molecule has 0 saturated heterocycles.